The van der Waals surface area contributed by atoms with Gasteiger partial charge >= 0.3 is 0 Å². The first-order valence-electron chi connectivity index (χ1n) is 9.39. The van der Waals surface area contributed by atoms with Gasteiger partial charge < -0.3 is 24.3 Å². The first-order valence-corrected chi connectivity index (χ1v) is 9.39. The zero-order valence-electron chi connectivity index (χ0n) is 17.2. The Kier molecular flexibility index (Phi) is 7.99. The van der Waals surface area contributed by atoms with Crippen LogP contribution in [-0.2, 0) is 4.79 Å². The van der Waals surface area contributed by atoms with Crippen molar-refractivity contribution < 1.29 is 23.7 Å². The molecule has 0 aliphatic rings. The minimum Gasteiger partial charge on any atom is -0.497 e. The molecular weight excluding hydrogens is 358 g/mol. The van der Waals surface area contributed by atoms with E-state index in [-0.39, 0.29) is 11.9 Å². The van der Waals surface area contributed by atoms with Gasteiger partial charge in [0.05, 0.1) is 27.4 Å². The lowest BCUT2D eigenvalue weighted by atomic mass is 10.0. The average Bonchev–Trinajstić information content (AvgIpc) is 2.75. The van der Waals surface area contributed by atoms with E-state index in [1.54, 1.807) is 45.6 Å². The lowest BCUT2D eigenvalue weighted by Gasteiger charge is -2.23. The normalized spacial score (nSPS) is 12.6. The van der Waals surface area contributed by atoms with Gasteiger partial charge in [-0.2, -0.15) is 0 Å². The van der Waals surface area contributed by atoms with Gasteiger partial charge in [0, 0.05) is 0 Å². The summed E-state index contributed by atoms with van der Waals surface area (Å²) in [6.45, 7) is 3.94. The number of hydrogen-bond acceptors (Lipinski definition) is 5. The largest absolute Gasteiger partial charge is 0.497 e. The Morgan fingerprint density at radius 1 is 0.857 bits per heavy atom. The molecule has 152 valence electrons. The van der Waals surface area contributed by atoms with Crippen molar-refractivity contribution in [1.82, 2.24) is 5.32 Å². The average molecular weight is 387 g/mol. The molecule has 0 aromatic heterocycles. The minimum absolute atomic E-state index is 0.152. The lowest BCUT2D eigenvalue weighted by molar-refractivity contribution is -0.128. The maximum atomic E-state index is 12.8. The monoisotopic (exact) mass is 387 g/mol. The van der Waals surface area contributed by atoms with Crippen LogP contribution in [0.5, 0.6) is 23.0 Å². The molecule has 0 spiro atoms. The molecule has 28 heavy (non-hydrogen) atoms. The molecule has 0 aliphatic heterocycles. The third kappa shape index (κ3) is 5.31. The third-order valence-corrected chi connectivity index (χ3v) is 4.54. The molecule has 6 heteroatoms. The van der Waals surface area contributed by atoms with Gasteiger partial charge in [-0.05, 0) is 54.8 Å². The van der Waals surface area contributed by atoms with Crippen molar-refractivity contribution in [3.63, 3.8) is 0 Å². The summed E-state index contributed by atoms with van der Waals surface area (Å²) < 4.78 is 21.7. The molecule has 1 amide bonds. The van der Waals surface area contributed by atoms with Gasteiger partial charge in [0.25, 0.3) is 5.91 Å². The number of amides is 1. The number of nitrogens with one attached hydrogen (secondary N) is 1. The highest BCUT2D eigenvalue weighted by molar-refractivity contribution is 5.81. The van der Waals surface area contributed by atoms with E-state index in [9.17, 15) is 4.79 Å². The van der Waals surface area contributed by atoms with Crippen LogP contribution in [0.4, 0.5) is 0 Å². The zero-order chi connectivity index (χ0) is 20.5. The summed E-state index contributed by atoms with van der Waals surface area (Å²) in [5, 5.41) is 3.08. The van der Waals surface area contributed by atoms with Crippen molar-refractivity contribution >= 4 is 5.91 Å². The number of benzene rings is 2. The van der Waals surface area contributed by atoms with Crippen molar-refractivity contribution in [2.75, 3.05) is 21.3 Å². The van der Waals surface area contributed by atoms with Gasteiger partial charge in [-0.3, -0.25) is 4.79 Å². The molecule has 0 unspecified atom stereocenters. The zero-order valence-corrected chi connectivity index (χ0v) is 17.2. The van der Waals surface area contributed by atoms with E-state index in [0.29, 0.717) is 23.7 Å². The Bertz CT molecular complexity index is 760. The van der Waals surface area contributed by atoms with Crippen LogP contribution >= 0.6 is 0 Å². The second-order valence-corrected chi connectivity index (χ2v) is 6.27. The highest BCUT2D eigenvalue weighted by atomic mass is 16.5. The van der Waals surface area contributed by atoms with Crippen LogP contribution in [0, 0.1) is 0 Å². The molecule has 0 aliphatic carbocycles. The molecule has 0 radical (unpaired) electrons. The second kappa shape index (κ2) is 10.4. The first kappa shape index (κ1) is 21.4. The Balaban J connectivity index is 2.10. The van der Waals surface area contributed by atoms with E-state index >= 15 is 0 Å². The molecule has 2 rings (SSSR count). The molecular formula is C22H29NO5. The number of hydrogen-bond donors (Lipinski definition) is 1. The quantitative estimate of drug-likeness (QED) is 0.664. The van der Waals surface area contributed by atoms with Crippen LogP contribution in [0.15, 0.2) is 42.5 Å². The van der Waals surface area contributed by atoms with Crippen molar-refractivity contribution in [2.24, 2.45) is 0 Å². The van der Waals surface area contributed by atoms with E-state index < -0.39 is 6.10 Å². The fourth-order valence-electron chi connectivity index (χ4n) is 2.90. The summed E-state index contributed by atoms with van der Waals surface area (Å²) in [6, 6.07) is 12.7. The predicted molar refractivity (Wildman–Crippen MR) is 108 cm³/mol. The Labute approximate surface area is 166 Å². The van der Waals surface area contributed by atoms with Gasteiger partial charge in [-0.1, -0.05) is 19.9 Å². The van der Waals surface area contributed by atoms with Crippen LogP contribution < -0.4 is 24.3 Å². The van der Waals surface area contributed by atoms with Crippen LogP contribution in [-0.4, -0.2) is 33.3 Å². The molecule has 1 N–H and O–H groups in total. The smallest absolute Gasteiger partial charge is 0.261 e. The maximum Gasteiger partial charge on any atom is 0.261 e. The van der Waals surface area contributed by atoms with Crippen LogP contribution in [0.1, 0.15) is 38.3 Å². The minimum atomic E-state index is -0.581. The number of carbonyl (C=O) groups is 1. The predicted octanol–water partition coefficient (Wildman–Crippen LogP) is 4.14. The summed E-state index contributed by atoms with van der Waals surface area (Å²) in [5.41, 5.74) is 0.952. The molecule has 0 saturated heterocycles. The number of ether oxygens (including phenoxy) is 4. The van der Waals surface area contributed by atoms with E-state index in [1.807, 2.05) is 32.0 Å². The van der Waals surface area contributed by atoms with Crippen LogP contribution in [0.2, 0.25) is 0 Å². The SMILES string of the molecule is CC[C@H](NC(=O)[C@@H](CC)Oc1ccc(OC)cc1)c1ccc(OC)c(OC)c1. The molecule has 2 aromatic carbocycles. The summed E-state index contributed by atoms with van der Waals surface area (Å²) >= 11 is 0. The Morgan fingerprint density at radius 3 is 2.04 bits per heavy atom. The maximum absolute atomic E-state index is 12.8. The summed E-state index contributed by atoms with van der Waals surface area (Å²) in [6.07, 6.45) is 0.711. The molecule has 6 nitrogen and oxygen atoms in total. The Hall–Kier alpha value is -2.89. The third-order valence-electron chi connectivity index (χ3n) is 4.54. The highest BCUT2D eigenvalue weighted by Gasteiger charge is 2.22. The number of rotatable bonds is 10. The molecule has 2 atom stereocenters. The summed E-state index contributed by atoms with van der Waals surface area (Å²) in [4.78, 5) is 12.8. The van der Waals surface area contributed by atoms with Crippen molar-refractivity contribution in [3.8, 4) is 23.0 Å². The first-order chi connectivity index (χ1) is 13.6. The summed E-state index contributed by atoms with van der Waals surface area (Å²) in [5.74, 6) is 2.50. The molecule has 0 saturated carbocycles. The van der Waals surface area contributed by atoms with E-state index in [2.05, 4.69) is 5.32 Å². The molecule has 0 bridgehead atoms. The van der Waals surface area contributed by atoms with Crippen LogP contribution in [0.25, 0.3) is 0 Å². The second-order valence-electron chi connectivity index (χ2n) is 6.27. The van der Waals surface area contributed by atoms with Gasteiger partial charge in [0.1, 0.15) is 11.5 Å². The summed E-state index contributed by atoms with van der Waals surface area (Å²) in [7, 11) is 4.80. The fourth-order valence-corrected chi connectivity index (χ4v) is 2.90. The number of methoxy groups -OCH3 is 3. The molecule has 0 heterocycles. The molecule has 0 fully saturated rings. The van der Waals surface area contributed by atoms with Gasteiger partial charge in [0.2, 0.25) is 0 Å². The van der Waals surface area contributed by atoms with Crippen molar-refractivity contribution in [2.45, 2.75) is 38.8 Å². The van der Waals surface area contributed by atoms with E-state index in [4.69, 9.17) is 18.9 Å². The standard InChI is InChI=1S/C22H29NO5/c1-6-18(15-8-13-20(26-4)21(14-15)27-5)23-22(24)19(7-2)28-17-11-9-16(25-3)10-12-17/h8-14,18-19H,6-7H2,1-5H3,(H,23,24)/t18-,19+/m0/s1. The van der Waals surface area contributed by atoms with Crippen LogP contribution in [0.3, 0.4) is 0 Å². The van der Waals surface area contributed by atoms with E-state index in [1.165, 1.54) is 0 Å². The van der Waals surface area contributed by atoms with Gasteiger partial charge in [0.15, 0.2) is 17.6 Å². The van der Waals surface area contributed by atoms with Crippen molar-refractivity contribution in [3.05, 3.63) is 48.0 Å². The fraction of sp³-hybridized carbons (Fsp3) is 0.409. The van der Waals surface area contributed by atoms with Gasteiger partial charge in [-0.25, -0.2) is 0 Å². The number of carbonyl (C=O) groups excluding carboxylic acids is 1. The Morgan fingerprint density at radius 2 is 1.50 bits per heavy atom. The topological polar surface area (TPSA) is 66.0 Å². The highest BCUT2D eigenvalue weighted by Crippen LogP contribution is 2.31. The van der Waals surface area contributed by atoms with Gasteiger partial charge in [-0.15, -0.1) is 0 Å². The van der Waals surface area contributed by atoms with E-state index in [0.717, 1.165) is 17.7 Å². The lowest BCUT2D eigenvalue weighted by Crippen LogP contribution is -2.39. The molecule has 2 aromatic rings. The van der Waals surface area contributed by atoms with Crippen molar-refractivity contribution in [1.29, 1.82) is 0 Å².